The molecule has 0 fully saturated rings. The first-order valence-corrected chi connectivity index (χ1v) is 4.52. The zero-order valence-corrected chi connectivity index (χ0v) is 9.15. The number of hydrogen-bond donors (Lipinski definition) is 0. The van der Waals surface area contributed by atoms with Gasteiger partial charge in [0.25, 0.3) is 0 Å². The molecule has 0 saturated carbocycles. The number of halogens is 2. The van der Waals surface area contributed by atoms with Crippen LogP contribution in [0.3, 0.4) is 0 Å². The van der Waals surface area contributed by atoms with E-state index in [1.165, 1.54) is 20.1 Å². The van der Waals surface area contributed by atoms with Gasteiger partial charge in [0.2, 0.25) is 0 Å². The van der Waals surface area contributed by atoms with Crippen LogP contribution in [0.1, 0.15) is 6.92 Å². The summed E-state index contributed by atoms with van der Waals surface area (Å²) in [6.45, 7) is 1.29. The molecule has 1 aromatic rings. The highest BCUT2D eigenvalue weighted by Crippen LogP contribution is 2.38. The number of esters is 1. The fraction of sp³-hybridized carbons (Fsp3) is 0.222. The van der Waals surface area contributed by atoms with Gasteiger partial charge in [0.15, 0.2) is 5.75 Å². The van der Waals surface area contributed by atoms with Gasteiger partial charge in [-0.15, -0.1) is 0 Å². The second-order valence-electron chi connectivity index (χ2n) is 2.49. The Morgan fingerprint density at radius 3 is 2.21 bits per heavy atom. The van der Waals surface area contributed by atoms with Crippen LogP contribution in [-0.2, 0) is 4.79 Å². The van der Waals surface area contributed by atoms with Crippen LogP contribution in [0.5, 0.6) is 11.5 Å². The Hall–Kier alpha value is -0.930. The van der Waals surface area contributed by atoms with Crippen molar-refractivity contribution in [3.63, 3.8) is 0 Å². The molecule has 0 amide bonds. The monoisotopic (exact) mass is 234 g/mol. The van der Waals surface area contributed by atoms with Crippen molar-refractivity contribution in [1.29, 1.82) is 0 Å². The van der Waals surface area contributed by atoms with Crippen LogP contribution in [0.25, 0.3) is 0 Å². The van der Waals surface area contributed by atoms with Crippen molar-refractivity contribution in [3.8, 4) is 11.5 Å². The van der Waals surface area contributed by atoms with Gasteiger partial charge >= 0.3 is 5.97 Å². The van der Waals surface area contributed by atoms with E-state index >= 15 is 0 Å². The predicted molar refractivity (Wildman–Crippen MR) is 54.3 cm³/mol. The van der Waals surface area contributed by atoms with Crippen molar-refractivity contribution < 1.29 is 14.3 Å². The fourth-order valence-corrected chi connectivity index (χ4v) is 1.33. The third-order valence-electron chi connectivity index (χ3n) is 1.49. The van der Waals surface area contributed by atoms with Crippen LogP contribution in [0.15, 0.2) is 12.1 Å². The second kappa shape index (κ2) is 4.53. The summed E-state index contributed by atoms with van der Waals surface area (Å²) in [5, 5.41) is 0.397. The Morgan fingerprint density at radius 1 is 1.21 bits per heavy atom. The van der Waals surface area contributed by atoms with Crippen LogP contribution in [0.4, 0.5) is 0 Å². The molecule has 0 aliphatic carbocycles. The Balaban J connectivity index is 3.10. The normalized spacial score (nSPS) is 9.71. The van der Waals surface area contributed by atoms with Crippen LogP contribution < -0.4 is 9.47 Å². The number of ether oxygens (including phenoxy) is 2. The van der Waals surface area contributed by atoms with Crippen LogP contribution in [0.2, 0.25) is 10.0 Å². The molecular formula is C9H8Cl2O3. The van der Waals surface area contributed by atoms with E-state index in [1.54, 1.807) is 6.07 Å². The second-order valence-corrected chi connectivity index (χ2v) is 3.24. The van der Waals surface area contributed by atoms with Crippen molar-refractivity contribution in [2.24, 2.45) is 0 Å². The number of hydrogen-bond acceptors (Lipinski definition) is 3. The molecule has 0 atom stereocenters. The van der Waals surface area contributed by atoms with Crippen LogP contribution in [0, 0.1) is 0 Å². The van der Waals surface area contributed by atoms with Gasteiger partial charge in [-0.25, -0.2) is 0 Å². The fourth-order valence-electron chi connectivity index (χ4n) is 0.905. The van der Waals surface area contributed by atoms with Gasteiger partial charge in [-0.2, -0.15) is 0 Å². The molecule has 0 saturated heterocycles. The molecule has 0 heterocycles. The molecule has 3 nitrogen and oxygen atoms in total. The maximum absolute atomic E-state index is 10.7. The van der Waals surface area contributed by atoms with E-state index < -0.39 is 5.97 Å². The zero-order chi connectivity index (χ0) is 10.7. The van der Waals surface area contributed by atoms with E-state index in [0.29, 0.717) is 5.75 Å². The van der Waals surface area contributed by atoms with E-state index in [4.69, 9.17) is 32.7 Å². The molecule has 1 aromatic carbocycles. The van der Waals surface area contributed by atoms with E-state index in [2.05, 4.69) is 0 Å². The quantitative estimate of drug-likeness (QED) is 0.584. The van der Waals surface area contributed by atoms with Crippen molar-refractivity contribution in [2.75, 3.05) is 7.11 Å². The van der Waals surface area contributed by atoms with Crippen molar-refractivity contribution >= 4 is 29.2 Å². The third kappa shape index (κ3) is 2.30. The van der Waals surface area contributed by atoms with Crippen molar-refractivity contribution in [2.45, 2.75) is 6.92 Å². The number of carbonyl (C=O) groups is 1. The highest BCUT2D eigenvalue weighted by atomic mass is 35.5. The number of benzene rings is 1. The summed E-state index contributed by atoms with van der Waals surface area (Å²) in [6.07, 6.45) is 0. The maximum atomic E-state index is 10.7. The molecule has 0 radical (unpaired) electrons. The standard InChI is InChI=1S/C9H8Cl2O3/c1-5(12)14-7-4-3-6(13-2)8(10)9(7)11/h3-4H,1-2H3. The van der Waals surface area contributed by atoms with E-state index in [-0.39, 0.29) is 15.8 Å². The highest BCUT2D eigenvalue weighted by Gasteiger charge is 2.12. The Labute approximate surface area is 91.5 Å². The van der Waals surface area contributed by atoms with Crippen LogP contribution >= 0.6 is 23.2 Å². The average Bonchev–Trinajstić information content (AvgIpc) is 2.13. The Bertz CT molecular complexity index is 363. The number of methoxy groups -OCH3 is 1. The van der Waals surface area contributed by atoms with Crippen LogP contribution in [-0.4, -0.2) is 13.1 Å². The van der Waals surface area contributed by atoms with Gasteiger partial charge < -0.3 is 9.47 Å². The minimum atomic E-state index is -0.451. The molecule has 14 heavy (non-hydrogen) atoms. The molecule has 0 spiro atoms. The molecule has 0 aliphatic rings. The lowest BCUT2D eigenvalue weighted by Crippen LogP contribution is -2.02. The lowest BCUT2D eigenvalue weighted by Gasteiger charge is -2.08. The predicted octanol–water partition coefficient (Wildman–Crippen LogP) is 2.93. The Kier molecular flexibility index (Phi) is 3.61. The topological polar surface area (TPSA) is 35.5 Å². The third-order valence-corrected chi connectivity index (χ3v) is 2.33. The average molecular weight is 235 g/mol. The van der Waals surface area contributed by atoms with Crippen molar-refractivity contribution in [3.05, 3.63) is 22.2 Å². The van der Waals surface area contributed by atoms with Gasteiger partial charge in [-0.1, -0.05) is 23.2 Å². The van der Waals surface area contributed by atoms with Gasteiger partial charge in [0.05, 0.1) is 7.11 Å². The van der Waals surface area contributed by atoms with Gasteiger partial charge in [-0.3, -0.25) is 4.79 Å². The summed E-state index contributed by atoms with van der Waals surface area (Å²) in [5.41, 5.74) is 0. The summed E-state index contributed by atoms with van der Waals surface area (Å²) in [7, 11) is 1.48. The van der Waals surface area contributed by atoms with E-state index in [1.807, 2.05) is 0 Å². The van der Waals surface area contributed by atoms with Crippen molar-refractivity contribution in [1.82, 2.24) is 0 Å². The maximum Gasteiger partial charge on any atom is 0.308 e. The minimum Gasteiger partial charge on any atom is -0.495 e. The SMILES string of the molecule is COc1ccc(OC(C)=O)c(Cl)c1Cl. The van der Waals surface area contributed by atoms with E-state index in [0.717, 1.165) is 0 Å². The van der Waals surface area contributed by atoms with Gasteiger partial charge in [0.1, 0.15) is 15.8 Å². The summed E-state index contributed by atoms with van der Waals surface area (Å²) < 4.78 is 9.74. The summed E-state index contributed by atoms with van der Waals surface area (Å²) >= 11 is 11.7. The molecule has 0 unspecified atom stereocenters. The molecule has 0 aliphatic heterocycles. The van der Waals surface area contributed by atoms with E-state index in [9.17, 15) is 4.79 Å². The summed E-state index contributed by atoms with van der Waals surface area (Å²) in [5.74, 6) is 0.214. The van der Waals surface area contributed by atoms with Gasteiger partial charge in [0, 0.05) is 6.92 Å². The highest BCUT2D eigenvalue weighted by molar-refractivity contribution is 6.43. The molecule has 0 N–H and O–H groups in total. The minimum absolute atomic E-state index is 0.168. The smallest absolute Gasteiger partial charge is 0.308 e. The first kappa shape index (κ1) is 11.1. The largest absolute Gasteiger partial charge is 0.495 e. The number of carbonyl (C=O) groups excluding carboxylic acids is 1. The lowest BCUT2D eigenvalue weighted by molar-refractivity contribution is -0.131. The van der Waals surface area contributed by atoms with Gasteiger partial charge in [-0.05, 0) is 12.1 Å². The molecular weight excluding hydrogens is 227 g/mol. The molecule has 0 bridgehead atoms. The molecule has 5 heteroatoms. The Morgan fingerprint density at radius 2 is 1.71 bits per heavy atom. The number of rotatable bonds is 2. The summed E-state index contributed by atoms with van der Waals surface area (Å²) in [4.78, 5) is 10.7. The molecule has 76 valence electrons. The molecule has 1 rings (SSSR count). The lowest BCUT2D eigenvalue weighted by atomic mass is 10.3. The zero-order valence-electron chi connectivity index (χ0n) is 7.64. The molecule has 0 aromatic heterocycles. The first-order valence-electron chi connectivity index (χ1n) is 3.76. The summed E-state index contributed by atoms with van der Waals surface area (Å²) in [6, 6.07) is 3.10. The first-order chi connectivity index (χ1) is 6.56.